The highest BCUT2D eigenvalue weighted by atomic mass is 16.3. The molecule has 0 saturated carbocycles. The lowest BCUT2D eigenvalue weighted by molar-refractivity contribution is 0.470. The van der Waals surface area contributed by atoms with Gasteiger partial charge in [-0.25, -0.2) is 0 Å². The lowest BCUT2D eigenvalue weighted by Crippen LogP contribution is -2.25. The van der Waals surface area contributed by atoms with Gasteiger partial charge in [0.1, 0.15) is 5.75 Å². The summed E-state index contributed by atoms with van der Waals surface area (Å²) in [5.74, 6) is 0.217. The molecule has 13 heavy (non-hydrogen) atoms. The molecule has 0 aliphatic rings. The van der Waals surface area contributed by atoms with Gasteiger partial charge >= 0.3 is 0 Å². The molecule has 1 rings (SSSR count). The Morgan fingerprint density at radius 2 is 2.23 bits per heavy atom. The van der Waals surface area contributed by atoms with E-state index in [-0.39, 0.29) is 5.75 Å². The van der Waals surface area contributed by atoms with Crippen LogP contribution in [0.1, 0.15) is 13.8 Å². The Labute approximate surface area is 77.1 Å². The predicted octanol–water partition coefficient (Wildman–Crippen LogP) is 0.887. The summed E-state index contributed by atoms with van der Waals surface area (Å²) < 4.78 is 0. The molecule has 66 valence electrons. The summed E-state index contributed by atoms with van der Waals surface area (Å²) in [6.45, 7) is 3.57. The molecular weight excluding hydrogens is 162 g/mol. The lowest BCUT2D eigenvalue weighted by atomic mass is 10.1. The fourth-order valence-corrected chi connectivity index (χ4v) is 1.24. The minimum absolute atomic E-state index is 0.217. The normalized spacial score (nSPS) is 13.8. The Kier molecular flexibility index (Phi) is 2.71. The van der Waals surface area contributed by atoms with Gasteiger partial charge in [-0.2, -0.15) is 5.26 Å². The SMILES string of the molecule is C/C=c1/c(O)ccc/c1=C(/C)C#N. The molecule has 2 nitrogen and oxygen atoms in total. The lowest BCUT2D eigenvalue weighted by Gasteiger charge is -1.95. The fourth-order valence-electron chi connectivity index (χ4n) is 1.24. The van der Waals surface area contributed by atoms with Crippen LogP contribution in [0.25, 0.3) is 11.6 Å². The first-order valence-electron chi connectivity index (χ1n) is 4.06. The summed E-state index contributed by atoms with van der Waals surface area (Å²) in [6, 6.07) is 7.24. The van der Waals surface area contributed by atoms with Crippen molar-refractivity contribution in [3.8, 4) is 11.8 Å². The van der Waals surface area contributed by atoms with E-state index in [9.17, 15) is 5.11 Å². The number of phenolic OH excluding ortho intramolecular Hbond substituents is 1. The highest BCUT2D eigenvalue weighted by molar-refractivity contribution is 5.58. The van der Waals surface area contributed by atoms with Crippen molar-refractivity contribution in [1.82, 2.24) is 0 Å². The molecule has 0 aliphatic carbocycles. The first kappa shape index (κ1) is 9.34. The molecule has 0 aromatic heterocycles. The van der Waals surface area contributed by atoms with Crippen LogP contribution in [0.2, 0.25) is 0 Å². The average molecular weight is 173 g/mol. The molecule has 0 atom stereocenters. The zero-order chi connectivity index (χ0) is 9.84. The van der Waals surface area contributed by atoms with Crippen LogP contribution in [-0.2, 0) is 0 Å². The van der Waals surface area contributed by atoms with Crippen LogP contribution in [0.15, 0.2) is 18.2 Å². The van der Waals surface area contributed by atoms with Gasteiger partial charge in [0.2, 0.25) is 0 Å². The molecule has 2 heteroatoms. The minimum Gasteiger partial charge on any atom is -0.507 e. The monoisotopic (exact) mass is 173 g/mol. The van der Waals surface area contributed by atoms with Crippen molar-refractivity contribution >= 4 is 11.6 Å². The fraction of sp³-hybridized carbons (Fsp3) is 0.182. The van der Waals surface area contributed by atoms with E-state index in [1.165, 1.54) is 0 Å². The molecule has 1 N–H and O–H groups in total. The summed E-state index contributed by atoms with van der Waals surface area (Å²) in [5.41, 5.74) is 0.615. The largest absolute Gasteiger partial charge is 0.507 e. The van der Waals surface area contributed by atoms with E-state index in [2.05, 4.69) is 6.07 Å². The molecule has 0 amide bonds. The molecule has 0 saturated heterocycles. The van der Waals surface area contributed by atoms with Crippen LogP contribution >= 0.6 is 0 Å². The number of hydrogen-bond acceptors (Lipinski definition) is 2. The second-order valence-corrected chi connectivity index (χ2v) is 2.76. The summed E-state index contributed by atoms with van der Waals surface area (Å²) in [6.07, 6.45) is 1.80. The van der Waals surface area contributed by atoms with E-state index in [1.54, 1.807) is 25.1 Å². The van der Waals surface area contributed by atoms with Gasteiger partial charge in [0.25, 0.3) is 0 Å². The molecule has 0 spiro atoms. The van der Waals surface area contributed by atoms with Crippen molar-refractivity contribution in [2.45, 2.75) is 13.8 Å². The van der Waals surface area contributed by atoms with E-state index >= 15 is 0 Å². The third-order valence-electron chi connectivity index (χ3n) is 1.94. The summed E-state index contributed by atoms with van der Waals surface area (Å²) >= 11 is 0. The van der Waals surface area contributed by atoms with Gasteiger partial charge in [-0.15, -0.1) is 0 Å². The number of phenols is 1. The smallest absolute Gasteiger partial charge is 0.123 e. The zero-order valence-electron chi connectivity index (χ0n) is 7.70. The van der Waals surface area contributed by atoms with Crippen molar-refractivity contribution in [1.29, 1.82) is 5.26 Å². The highest BCUT2D eigenvalue weighted by Crippen LogP contribution is 1.95. The molecule has 0 bridgehead atoms. The summed E-state index contributed by atoms with van der Waals surface area (Å²) in [4.78, 5) is 0. The molecule has 1 aromatic rings. The molecule has 0 fully saturated rings. The van der Waals surface area contributed by atoms with Crippen LogP contribution in [0.5, 0.6) is 5.75 Å². The number of aromatic hydroxyl groups is 1. The molecule has 0 radical (unpaired) electrons. The average Bonchev–Trinajstić information content (AvgIpc) is 2.16. The van der Waals surface area contributed by atoms with Crippen molar-refractivity contribution in [2.24, 2.45) is 0 Å². The van der Waals surface area contributed by atoms with Gasteiger partial charge in [-0.1, -0.05) is 18.2 Å². The second kappa shape index (κ2) is 3.77. The van der Waals surface area contributed by atoms with E-state index in [4.69, 9.17) is 5.26 Å². The van der Waals surface area contributed by atoms with Crippen LogP contribution < -0.4 is 10.4 Å². The highest BCUT2D eigenvalue weighted by Gasteiger charge is 1.94. The molecule has 0 aliphatic heterocycles. The number of hydrogen-bond donors (Lipinski definition) is 1. The van der Waals surface area contributed by atoms with Gasteiger partial charge < -0.3 is 5.11 Å². The first-order valence-corrected chi connectivity index (χ1v) is 4.06. The van der Waals surface area contributed by atoms with E-state index in [0.717, 1.165) is 10.4 Å². The van der Waals surface area contributed by atoms with E-state index < -0.39 is 0 Å². The Morgan fingerprint density at radius 3 is 2.77 bits per heavy atom. The number of nitrogens with zero attached hydrogens (tertiary/aromatic N) is 1. The second-order valence-electron chi connectivity index (χ2n) is 2.76. The van der Waals surface area contributed by atoms with Gasteiger partial charge in [0.05, 0.1) is 6.07 Å². The zero-order valence-corrected chi connectivity index (χ0v) is 7.70. The summed E-state index contributed by atoms with van der Waals surface area (Å²) in [5, 5.41) is 19.7. The van der Waals surface area contributed by atoms with E-state index in [0.29, 0.717) is 5.57 Å². The third-order valence-corrected chi connectivity index (χ3v) is 1.94. The number of rotatable bonds is 0. The van der Waals surface area contributed by atoms with Crippen LogP contribution in [-0.4, -0.2) is 5.11 Å². The van der Waals surface area contributed by atoms with Gasteiger partial charge in [0.15, 0.2) is 0 Å². The van der Waals surface area contributed by atoms with Gasteiger partial charge in [0, 0.05) is 10.8 Å². The maximum atomic E-state index is 9.48. The van der Waals surface area contributed by atoms with Crippen molar-refractivity contribution in [3.63, 3.8) is 0 Å². The summed E-state index contributed by atoms with van der Waals surface area (Å²) in [7, 11) is 0. The molecule has 1 aromatic carbocycles. The first-order chi connectivity index (χ1) is 6.20. The minimum atomic E-state index is 0.217. The maximum absolute atomic E-state index is 9.48. The topological polar surface area (TPSA) is 44.0 Å². The van der Waals surface area contributed by atoms with Crippen molar-refractivity contribution < 1.29 is 5.11 Å². The van der Waals surface area contributed by atoms with Crippen LogP contribution in [0, 0.1) is 11.3 Å². The quantitative estimate of drug-likeness (QED) is 0.633. The third kappa shape index (κ3) is 1.70. The maximum Gasteiger partial charge on any atom is 0.123 e. The Morgan fingerprint density at radius 1 is 1.54 bits per heavy atom. The number of benzene rings is 1. The Balaban J connectivity index is 3.80. The Bertz CT molecular complexity index is 466. The van der Waals surface area contributed by atoms with Gasteiger partial charge in [-0.3, -0.25) is 0 Å². The predicted molar refractivity (Wildman–Crippen MR) is 52.2 cm³/mol. The molecule has 0 unspecified atom stereocenters. The van der Waals surface area contributed by atoms with Crippen LogP contribution in [0.4, 0.5) is 0 Å². The molecular formula is C11H11NO. The van der Waals surface area contributed by atoms with Crippen molar-refractivity contribution in [2.75, 3.05) is 0 Å². The van der Waals surface area contributed by atoms with Crippen LogP contribution in [0.3, 0.4) is 0 Å². The molecule has 0 heterocycles. The van der Waals surface area contributed by atoms with Crippen molar-refractivity contribution in [3.05, 3.63) is 28.6 Å². The standard InChI is InChI=1S/C11H11NO/c1-3-9-10(8(2)7-12)5-4-6-11(9)13/h3-6,13H,1-2H3/b9-3+,10-8+. The Hall–Kier alpha value is -1.75. The van der Waals surface area contributed by atoms with E-state index in [1.807, 2.05) is 13.0 Å². The number of nitriles is 1. The van der Waals surface area contributed by atoms with Gasteiger partial charge in [-0.05, 0) is 25.1 Å².